The molecular formula is C19H25ClN2O2. The van der Waals surface area contributed by atoms with Crippen LogP contribution in [0.3, 0.4) is 0 Å². The Labute approximate surface area is 149 Å². The normalized spacial score (nSPS) is 12.7. The van der Waals surface area contributed by atoms with Gasteiger partial charge >= 0.3 is 0 Å². The van der Waals surface area contributed by atoms with E-state index in [9.17, 15) is 4.79 Å². The van der Waals surface area contributed by atoms with Crippen molar-refractivity contribution in [3.63, 3.8) is 0 Å². The molecule has 0 aliphatic carbocycles. The van der Waals surface area contributed by atoms with E-state index < -0.39 is 6.04 Å². The Balaban J connectivity index is 0.00000288. The number of amides is 1. The van der Waals surface area contributed by atoms with Crippen molar-refractivity contribution in [1.82, 2.24) is 5.32 Å². The van der Waals surface area contributed by atoms with Crippen molar-refractivity contribution in [1.29, 1.82) is 0 Å². The topological polar surface area (TPSA) is 64.3 Å². The second kappa shape index (κ2) is 9.30. The third kappa shape index (κ3) is 5.87. The Kier molecular flexibility index (Phi) is 7.75. The predicted molar refractivity (Wildman–Crippen MR) is 99.6 cm³/mol. The highest BCUT2D eigenvalue weighted by atomic mass is 35.5. The number of aryl methyl sites for hydroxylation is 2. The lowest BCUT2D eigenvalue weighted by atomic mass is 10.1. The average molecular weight is 349 g/mol. The zero-order chi connectivity index (χ0) is 16.8. The molecule has 2 rings (SSSR count). The number of nitrogens with two attached hydrogens (primary N) is 1. The van der Waals surface area contributed by atoms with Gasteiger partial charge in [0.2, 0.25) is 5.91 Å². The number of rotatable bonds is 6. The summed E-state index contributed by atoms with van der Waals surface area (Å²) in [5.41, 5.74) is 9.12. The predicted octanol–water partition coefficient (Wildman–Crippen LogP) is 3.31. The minimum absolute atomic E-state index is 0. The van der Waals surface area contributed by atoms with E-state index in [1.165, 1.54) is 5.56 Å². The molecule has 130 valence electrons. The quantitative estimate of drug-likeness (QED) is 0.841. The molecule has 2 aromatic carbocycles. The summed E-state index contributed by atoms with van der Waals surface area (Å²) in [6.45, 7) is 6.35. The van der Waals surface area contributed by atoms with E-state index in [1.807, 2.05) is 69.3 Å². The Hall–Kier alpha value is -2.04. The van der Waals surface area contributed by atoms with Crippen LogP contribution in [0.4, 0.5) is 0 Å². The van der Waals surface area contributed by atoms with Crippen molar-refractivity contribution in [3.8, 4) is 5.75 Å². The number of ether oxygens (including phenoxy) is 1. The monoisotopic (exact) mass is 348 g/mol. The Morgan fingerprint density at radius 1 is 1.04 bits per heavy atom. The van der Waals surface area contributed by atoms with Gasteiger partial charge in [0.05, 0.1) is 6.54 Å². The molecule has 5 heteroatoms. The van der Waals surface area contributed by atoms with Gasteiger partial charge in [0.15, 0.2) is 0 Å². The molecule has 0 aliphatic rings. The van der Waals surface area contributed by atoms with Crippen LogP contribution in [0.5, 0.6) is 5.75 Å². The summed E-state index contributed by atoms with van der Waals surface area (Å²) in [7, 11) is 0. The zero-order valence-corrected chi connectivity index (χ0v) is 15.1. The van der Waals surface area contributed by atoms with Gasteiger partial charge in [-0.15, -0.1) is 12.4 Å². The summed E-state index contributed by atoms with van der Waals surface area (Å²) < 4.78 is 5.77. The average Bonchev–Trinajstić information content (AvgIpc) is 2.55. The third-order valence-electron chi connectivity index (χ3n) is 3.64. The standard InChI is InChI=1S/C19H24N2O2.ClH/c1-13-4-8-16(9-5-13)18(20)19(22)21-12-15(3)23-17-10-6-14(2)7-11-17;/h4-11,15,18H,12,20H2,1-3H3,(H,21,22);1H. The second-order valence-electron chi connectivity index (χ2n) is 5.88. The molecule has 3 N–H and O–H groups in total. The molecule has 0 aromatic heterocycles. The Morgan fingerprint density at radius 3 is 2.08 bits per heavy atom. The van der Waals surface area contributed by atoms with Gasteiger partial charge in [-0.25, -0.2) is 0 Å². The first kappa shape index (κ1) is 20.0. The van der Waals surface area contributed by atoms with Crippen molar-refractivity contribution >= 4 is 18.3 Å². The molecule has 0 spiro atoms. The second-order valence-corrected chi connectivity index (χ2v) is 5.88. The van der Waals surface area contributed by atoms with Gasteiger partial charge in [0, 0.05) is 0 Å². The molecule has 1 amide bonds. The Morgan fingerprint density at radius 2 is 1.54 bits per heavy atom. The molecule has 2 aromatic rings. The zero-order valence-electron chi connectivity index (χ0n) is 14.3. The lowest BCUT2D eigenvalue weighted by Gasteiger charge is -2.18. The fourth-order valence-electron chi connectivity index (χ4n) is 2.17. The van der Waals surface area contributed by atoms with Crippen molar-refractivity contribution in [2.24, 2.45) is 5.73 Å². The highest BCUT2D eigenvalue weighted by Gasteiger charge is 2.16. The molecule has 24 heavy (non-hydrogen) atoms. The first-order valence-electron chi connectivity index (χ1n) is 7.79. The highest BCUT2D eigenvalue weighted by Crippen LogP contribution is 2.14. The summed E-state index contributed by atoms with van der Waals surface area (Å²) in [5, 5.41) is 2.84. The Bertz CT molecular complexity index is 641. The van der Waals surface area contributed by atoms with E-state index in [0.717, 1.165) is 16.9 Å². The van der Waals surface area contributed by atoms with Crippen LogP contribution >= 0.6 is 12.4 Å². The van der Waals surface area contributed by atoms with Gasteiger partial charge in [-0.05, 0) is 38.5 Å². The molecule has 2 atom stereocenters. The van der Waals surface area contributed by atoms with E-state index in [0.29, 0.717) is 6.54 Å². The number of hydrogen-bond acceptors (Lipinski definition) is 3. The van der Waals surface area contributed by atoms with Crippen LogP contribution in [-0.2, 0) is 4.79 Å². The molecule has 2 unspecified atom stereocenters. The number of nitrogens with one attached hydrogen (secondary N) is 1. The van der Waals surface area contributed by atoms with Gasteiger partial charge in [0.25, 0.3) is 0 Å². The number of carbonyl (C=O) groups excluding carboxylic acids is 1. The van der Waals surface area contributed by atoms with E-state index in [4.69, 9.17) is 10.5 Å². The van der Waals surface area contributed by atoms with Crippen molar-refractivity contribution in [3.05, 3.63) is 65.2 Å². The van der Waals surface area contributed by atoms with E-state index in [1.54, 1.807) is 0 Å². The van der Waals surface area contributed by atoms with Crippen LogP contribution in [0.2, 0.25) is 0 Å². The summed E-state index contributed by atoms with van der Waals surface area (Å²) in [5.74, 6) is 0.591. The smallest absolute Gasteiger partial charge is 0.241 e. The molecule has 4 nitrogen and oxygen atoms in total. The van der Waals surface area contributed by atoms with Crippen LogP contribution in [0.25, 0.3) is 0 Å². The van der Waals surface area contributed by atoms with Crippen LogP contribution in [0.15, 0.2) is 48.5 Å². The van der Waals surface area contributed by atoms with Crippen molar-refractivity contribution in [2.45, 2.75) is 32.9 Å². The number of carbonyl (C=O) groups is 1. The first-order valence-corrected chi connectivity index (χ1v) is 7.79. The number of hydrogen-bond donors (Lipinski definition) is 2. The van der Waals surface area contributed by atoms with Gasteiger partial charge in [-0.3, -0.25) is 4.79 Å². The maximum absolute atomic E-state index is 12.1. The SMILES string of the molecule is Cc1ccc(OC(C)CNC(=O)C(N)c2ccc(C)cc2)cc1.Cl. The van der Waals surface area contributed by atoms with Crippen molar-refractivity contribution < 1.29 is 9.53 Å². The minimum atomic E-state index is -0.665. The minimum Gasteiger partial charge on any atom is -0.489 e. The van der Waals surface area contributed by atoms with E-state index >= 15 is 0 Å². The highest BCUT2D eigenvalue weighted by molar-refractivity contribution is 5.85. The molecule has 0 saturated heterocycles. The first-order chi connectivity index (χ1) is 11.0. The van der Waals surface area contributed by atoms with Gasteiger partial charge < -0.3 is 15.8 Å². The van der Waals surface area contributed by atoms with Gasteiger partial charge in [-0.1, -0.05) is 47.5 Å². The summed E-state index contributed by atoms with van der Waals surface area (Å²) in [6.07, 6.45) is -0.133. The molecule has 0 aliphatic heterocycles. The third-order valence-corrected chi connectivity index (χ3v) is 3.64. The summed E-state index contributed by atoms with van der Waals surface area (Å²) >= 11 is 0. The van der Waals surface area contributed by atoms with Crippen LogP contribution in [0.1, 0.15) is 29.7 Å². The molecule has 0 saturated carbocycles. The molecule has 0 fully saturated rings. The molecule has 0 heterocycles. The summed E-state index contributed by atoms with van der Waals surface area (Å²) in [4.78, 5) is 12.1. The van der Waals surface area contributed by atoms with E-state index in [-0.39, 0.29) is 24.4 Å². The van der Waals surface area contributed by atoms with E-state index in [2.05, 4.69) is 5.32 Å². The van der Waals surface area contributed by atoms with Crippen molar-refractivity contribution in [2.75, 3.05) is 6.54 Å². The molecular weight excluding hydrogens is 324 g/mol. The maximum atomic E-state index is 12.1. The fourth-order valence-corrected chi connectivity index (χ4v) is 2.17. The van der Waals surface area contributed by atoms with Crippen LogP contribution < -0.4 is 15.8 Å². The lowest BCUT2D eigenvalue weighted by molar-refractivity contribution is -0.122. The lowest BCUT2D eigenvalue weighted by Crippen LogP contribution is -2.39. The van der Waals surface area contributed by atoms with Gasteiger partial charge in [-0.2, -0.15) is 0 Å². The molecule has 0 radical (unpaired) electrons. The summed E-state index contributed by atoms with van der Waals surface area (Å²) in [6, 6.07) is 14.8. The van der Waals surface area contributed by atoms with Crippen LogP contribution in [-0.4, -0.2) is 18.6 Å². The van der Waals surface area contributed by atoms with Gasteiger partial charge in [0.1, 0.15) is 17.9 Å². The molecule has 0 bridgehead atoms. The van der Waals surface area contributed by atoms with Crippen LogP contribution in [0, 0.1) is 13.8 Å². The number of halogens is 1. The fraction of sp³-hybridized carbons (Fsp3) is 0.316. The maximum Gasteiger partial charge on any atom is 0.241 e. The largest absolute Gasteiger partial charge is 0.489 e. The number of benzene rings is 2.